The minimum atomic E-state index is 0.956. The van der Waals surface area contributed by atoms with E-state index >= 15 is 0 Å². The van der Waals surface area contributed by atoms with Gasteiger partial charge in [-0.2, -0.15) is 0 Å². The van der Waals surface area contributed by atoms with E-state index in [1.54, 1.807) is 0 Å². The van der Waals surface area contributed by atoms with Gasteiger partial charge in [-0.15, -0.1) is 0 Å². The van der Waals surface area contributed by atoms with E-state index in [2.05, 4.69) is 53.1 Å². The summed E-state index contributed by atoms with van der Waals surface area (Å²) in [5, 5.41) is 3.15. The Hall–Kier alpha value is -1.61. The van der Waals surface area contributed by atoms with Crippen molar-refractivity contribution >= 4 is 0 Å². The maximum Gasteiger partial charge on any atom is 0.110 e. The third kappa shape index (κ3) is 2.56. The fraction of sp³-hybridized carbons (Fsp3) is 0.357. The van der Waals surface area contributed by atoms with Gasteiger partial charge in [0.2, 0.25) is 0 Å². The maximum atomic E-state index is 4.48. The zero-order valence-corrected chi connectivity index (χ0v) is 10.7. The molecule has 0 radical (unpaired) electrons. The predicted molar refractivity (Wildman–Crippen MR) is 71.0 cm³/mol. The van der Waals surface area contributed by atoms with Crippen LogP contribution in [0.2, 0.25) is 0 Å². The summed E-state index contributed by atoms with van der Waals surface area (Å²) in [5.74, 6) is 1.12. The van der Waals surface area contributed by atoms with Crippen molar-refractivity contribution < 1.29 is 0 Å². The fourth-order valence-electron chi connectivity index (χ4n) is 1.99. The SMILES string of the molecule is CNCCc1ncc(-c2cccc(C)c2)n1C. The molecule has 1 heterocycles. The summed E-state index contributed by atoms with van der Waals surface area (Å²) in [7, 11) is 4.04. The van der Waals surface area contributed by atoms with Gasteiger partial charge >= 0.3 is 0 Å². The average Bonchev–Trinajstić information content (AvgIpc) is 2.68. The molecule has 0 amide bonds. The van der Waals surface area contributed by atoms with Gasteiger partial charge < -0.3 is 9.88 Å². The third-order valence-corrected chi connectivity index (χ3v) is 3.00. The van der Waals surface area contributed by atoms with Crippen LogP contribution < -0.4 is 5.32 Å². The summed E-state index contributed by atoms with van der Waals surface area (Å²) < 4.78 is 2.17. The smallest absolute Gasteiger partial charge is 0.110 e. The molecule has 1 N–H and O–H groups in total. The number of nitrogens with zero attached hydrogens (tertiary/aromatic N) is 2. The van der Waals surface area contributed by atoms with Gasteiger partial charge in [-0.3, -0.25) is 0 Å². The Bertz CT molecular complexity index is 500. The topological polar surface area (TPSA) is 29.9 Å². The van der Waals surface area contributed by atoms with E-state index in [1.165, 1.54) is 16.8 Å². The number of rotatable bonds is 4. The first kappa shape index (κ1) is 11.9. The monoisotopic (exact) mass is 229 g/mol. The highest BCUT2D eigenvalue weighted by Gasteiger charge is 2.07. The molecule has 0 saturated heterocycles. The van der Waals surface area contributed by atoms with E-state index < -0.39 is 0 Å². The van der Waals surface area contributed by atoms with Gasteiger partial charge in [0.25, 0.3) is 0 Å². The minimum absolute atomic E-state index is 0.956. The first-order valence-electron chi connectivity index (χ1n) is 5.94. The number of benzene rings is 1. The molecule has 0 spiro atoms. The highest BCUT2D eigenvalue weighted by molar-refractivity contribution is 5.60. The molecule has 0 bridgehead atoms. The molecule has 0 aliphatic heterocycles. The van der Waals surface area contributed by atoms with Crippen LogP contribution in [0, 0.1) is 6.92 Å². The van der Waals surface area contributed by atoms with Crippen LogP contribution in [0.15, 0.2) is 30.5 Å². The average molecular weight is 229 g/mol. The summed E-state index contributed by atoms with van der Waals surface area (Å²) in [6.07, 6.45) is 2.92. The Morgan fingerprint density at radius 3 is 2.88 bits per heavy atom. The van der Waals surface area contributed by atoms with Crippen LogP contribution in [0.1, 0.15) is 11.4 Å². The summed E-state index contributed by atoms with van der Waals surface area (Å²) in [4.78, 5) is 4.48. The van der Waals surface area contributed by atoms with Crippen molar-refractivity contribution in [2.45, 2.75) is 13.3 Å². The van der Waals surface area contributed by atoms with Gasteiger partial charge in [-0.1, -0.05) is 23.8 Å². The molecule has 3 heteroatoms. The Morgan fingerprint density at radius 2 is 2.18 bits per heavy atom. The molecule has 0 fully saturated rings. The molecule has 17 heavy (non-hydrogen) atoms. The van der Waals surface area contributed by atoms with E-state index in [1.807, 2.05) is 13.2 Å². The molecule has 3 nitrogen and oxygen atoms in total. The summed E-state index contributed by atoms with van der Waals surface area (Å²) >= 11 is 0. The van der Waals surface area contributed by atoms with Crippen LogP contribution >= 0.6 is 0 Å². The lowest BCUT2D eigenvalue weighted by atomic mass is 10.1. The van der Waals surface area contributed by atoms with E-state index in [0.29, 0.717) is 0 Å². The zero-order valence-electron chi connectivity index (χ0n) is 10.7. The van der Waals surface area contributed by atoms with E-state index in [9.17, 15) is 0 Å². The number of imidazole rings is 1. The number of hydrogen-bond acceptors (Lipinski definition) is 2. The molecule has 0 saturated carbocycles. The van der Waals surface area contributed by atoms with E-state index in [-0.39, 0.29) is 0 Å². The number of aryl methyl sites for hydroxylation is 1. The second-order valence-corrected chi connectivity index (χ2v) is 4.34. The molecular formula is C14H19N3. The maximum absolute atomic E-state index is 4.48. The predicted octanol–water partition coefficient (Wildman–Crippen LogP) is 2.16. The molecule has 0 aliphatic carbocycles. The number of hydrogen-bond donors (Lipinski definition) is 1. The van der Waals surface area contributed by atoms with Crippen molar-refractivity contribution in [2.24, 2.45) is 7.05 Å². The zero-order chi connectivity index (χ0) is 12.3. The molecular weight excluding hydrogens is 210 g/mol. The normalized spacial score (nSPS) is 10.8. The Kier molecular flexibility index (Phi) is 3.59. The molecule has 2 aromatic rings. The number of aromatic nitrogens is 2. The number of nitrogens with one attached hydrogen (secondary N) is 1. The third-order valence-electron chi connectivity index (χ3n) is 3.00. The standard InChI is InChI=1S/C14H19N3/c1-11-5-4-6-12(9-11)13-10-16-14(17(13)3)7-8-15-2/h4-6,9-10,15H,7-8H2,1-3H3. The lowest BCUT2D eigenvalue weighted by Crippen LogP contribution is -2.13. The van der Waals surface area contributed by atoms with Gasteiger partial charge in [0, 0.05) is 25.6 Å². The van der Waals surface area contributed by atoms with Crippen LogP contribution in [-0.4, -0.2) is 23.1 Å². The lowest BCUT2D eigenvalue weighted by molar-refractivity contribution is 0.720. The molecule has 2 rings (SSSR count). The van der Waals surface area contributed by atoms with Crippen molar-refractivity contribution in [2.75, 3.05) is 13.6 Å². The second kappa shape index (κ2) is 5.15. The molecule has 1 aromatic carbocycles. The van der Waals surface area contributed by atoms with Crippen molar-refractivity contribution in [1.29, 1.82) is 0 Å². The minimum Gasteiger partial charge on any atom is -0.331 e. The second-order valence-electron chi connectivity index (χ2n) is 4.34. The highest BCUT2D eigenvalue weighted by Crippen LogP contribution is 2.20. The molecule has 0 aliphatic rings. The number of likely N-dealkylation sites (N-methyl/N-ethyl adjacent to an activating group) is 1. The Balaban J connectivity index is 2.30. The Labute approximate surface area is 103 Å². The van der Waals surface area contributed by atoms with Gasteiger partial charge in [-0.25, -0.2) is 4.98 Å². The summed E-state index contributed by atoms with van der Waals surface area (Å²) in [5.41, 5.74) is 3.69. The van der Waals surface area contributed by atoms with Gasteiger partial charge in [0.05, 0.1) is 11.9 Å². The van der Waals surface area contributed by atoms with Crippen LogP contribution in [-0.2, 0) is 13.5 Å². The van der Waals surface area contributed by atoms with Gasteiger partial charge in [0.1, 0.15) is 5.82 Å². The fourth-order valence-corrected chi connectivity index (χ4v) is 1.99. The van der Waals surface area contributed by atoms with Crippen molar-refractivity contribution in [3.63, 3.8) is 0 Å². The van der Waals surface area contributed by atoms with Crippen LogP contribution in [0.5, 0.6) is 0 Å². The Morgan fingerprint density at radius 1 is 1.35 bits per heavy atom. The van der Waals surface area contributed by atoms with Crippen molar-refractivity contribution in [3.8, 4) is 11.3 Å². The van der Waals surface area contributed by atoms with Gasteiger partial charge in [-0.05, 0) is 20.0 Å². The van der Waals surface area contributed by atoms with Crippen molar-refractivity contribution in [3.05, 3.63) is 41.9 Å². The van der Waals surface area contributed by atoms with Crippen LogP contribution in [0.3, 0.4) is 0 Å². The van der Waals surface area contributed by atoms with Crippen LogP contribution in [0.25, 0.3) is 11.3 Å². The van der Waals surface area contributed by atoms with Gasteiger partial charge in [0.15, 0.2) is 0 Å². The molecule has 90 valence electrons. The highest BCUT2D eigenvalue weighted by atomic mass is 15.1. The van der Waals surface area contributed by atoms with Crippen molar-refractivity contribution in [1.82, 2.24) is 14.9 Å². The van der Waals surface area contributed by atoms with E-state index in [0.717, 1.165) is 18.8 Å². The summed E-state index contributed by atoms with van der Waals surface area (Å²) in [6.45, 7) is 3.07. The molecule has 0 atom stereocenters. The first-order valence-corrected chi connectivity index (χ1v) is 5.94. The molecule has 0 unspecified atom stereocenters. The lowest BCUT2D eigenvalue weighted by Gasteiger charge is -2.06. The van der Waals surface area contributed by atoms with Crippen LogP contribution in [0.4, 0.5) is 0 Å². The largest absolute Gasteiger partial charge is 0.331 e. The molecule has 1 aromatic heterocycles. The summed E-state index contributed by atoms with van der Waals surface area (Å²) in [6, 6.07) is 8.53. The quantitative estimate of drug-likeness (QED) is 0.870. The van der Waals surface area contributed by atoms with E-state index in [4.69, 9.17) is 0 Å². The first-order chi connectivity index (χ1) is 8.22.